The molecule has 0 radical (unpaired) electrons. The molecule has 0 spiro atoms. The maximum absolute atomic E-state index is 9.68. The fourth-order valence-corrected chi connectivity index (χ4v) is 2.90. The Morgan fingerprint density at radius 3 is 2.88 bits per heavy atom. The van der Waals surface area contributed by atoms with Crippen LogP contribution in [0.15, 0.2) is 30.6 Å². The summed E-state index contributed by atoms with van der Waals surface area (Å²) in [4.78, 5) is 9.10. The zero-order valence-electron chi connectivity index (χ0n) is 14.7. The van der Waals surface area contributed by atoms with Gasteiger partial charge in [0, 0.05) is 12.4 Å². The van der Waals surface area contributed by atoms with Crippen molar-refractivity contribution in [3.8, 4) is 0 Å². The van der Waals surface area contributed by atoms with Gasteiger partial charge in [-0.2, -0.15) is 10.2 Å². The minimum absolute atomic E-state index is 0.0164. The van der Waals surface area contributed by atoms with Crippen LogP contribution < -0.4 is 5.32 Å². The van der Waals surface area contributed by atoms with Crippen molar-refractivity contribution in [3.05, 3.63) is 42.1 Å². The predicted molar refractivity (Wildman–Crippen MR) is 97.4 cm³/mol. The van der Waals surface area contributed by atoms with E-state index >= 15 is 0 Å². The van der Waals surface area contributed by atoms with Crippen LogP contribution in [0, 0.1) is 6.92 Å². The first-order valence-corrected chi connectivity index (χ1v) is 8.68. The first-order chi connectivity index (χ1) is 12.2. The molecule has 0 bridgehead atoms. The third-order valence-electron chi connectivity index (χ3n) is 4.15. The van der Waals surface area contributed by atoms with Gasteiger partial charge in [0.1, 0.15) is 11.3 Å². The van der Waals surface area contributed by atoms with Crippen LogP contribution in [0.2, 0.25) is 0 Å². The number of anilines is 1. The summed E-state index contributed by atoms with van der Waals surface area (Å²) < 4.78 is 2.06. The Morgan fingerprint density at radius 1 is 1.28 bits per heavy atom. The Balaban J connectivity index is 1.94. The molecule has 3 heterocycles. The highest BCUT2D eigenvalue weighted by Crippen LogP contribution is 2.24. The molecule has 1 atom stereocenters. The number of hydrogen-bond acceptors (Lipinski definition) is 6. The van der Waals surface area contributed by atoms with Gasteiger partial charge in [-0.3, -0.25) is 0 Å². The van der Waals surface area contributed by atoms with Crippen LogP contribution in [0.3, 0.4) is 0 Å². The average molecular weight is 340 g/mol. The summed E-state index contributed by atoms with van der Waals surface area (Å²) in [6.07, 6.45) is 6.71. The van der Waals surface area contributed by atoms with Gasteiger partial charge in [-0.25, -0.2) is 9.97 Å². The number of nitrogens with zero attached hydrogens (tertiary/aromatic N) is 5. The van der Waals surface area contributed by atoms with Crippen molar-refractivity contribution in [1.29, 1.82) is 0 Å². The standard InChI is InChI=1S/C18H24N6O/c1-3-4-6-15(12-25)22-18-17-16(20-13(2)21-18)8-10-24(17)11-14-7-5-9-19-23-14/h5,7-10,15,25H,3-4,6,11-12H2,1-2H3,(H,20,21,22)/t15-/m0/s1. The average Bonchev–Trinajstić information content (AvgIpc) is 3.02. The van der Waals surface area contributed by atoms with Crippen molar-refractivity contribution < 1.29 is 5.11 Å². The lowest BCUT2D eigenvalue weighted by Gasteiger charge is -2.18. The molecule has 2 N–H and O–H groups in total. The number of hydrogen-bond donors (Lipinski definition) is 2. The van der Waals surface area contributed by atoms with Gasteiger partial charge in [0.2, 0.25) is 0 Å². The van der Waals surface area contributed by atoms with Crippen LogP contribution in [0.4, 0.5) is 5.82 Å². The van der Waals surface area contributed by atoms with Crippen LogP contribution in [0.1, 0.15) is 37.7 Å². The maximum atomic E-state index is 9.68. The van der Waals surface area contributed by atoms with E-state index in [9.17, 15) is 5.11 Å². The van der Waals surface area contributed by atoms with Crippen molar-refractivity contribution in [2.24, 2.45) is 0 Å². The Labute approximate surface area is 147 Å². The number of rotatable bonds is 8. The van der Waals surface area contributed by atoms with E-state index in [1.807, 2.05) is 31.3 Å². The van der Waals surface area contributed by atoms with Crippen molar-refractivity contribution in [3.63, 3.8) is 0 Å². The van der Waals surface area contributed by atoms with E-state index in [2.05, 4.69) is 37.0 Å². The van der Waals surface area contributed by atoms with E-state index in [1.54, 1.807) is 6.20 Å². The zero-order valence-corrected chi connectivity index (χ0v) is 14.7. The largest absolute Gasteiger partial charge is 0.394 e. The van der Waals surface area contributed by atoms with Crippen molar-refractivity contribution in [2.75, 3.05) is 11.9 Å². The SMILES string of the molecule is CCCC[C@@H](CO)Nc1nc(C)nc2ccn(Cc3cccnn3)c12. The summed E-state index contributed by atoms with van der Waals surface area (Å²) in [5, 5.41) is 21.2. The number of aliphatic hydroxyl groups is 1. The minimum Gasteiger partial charge on any atom is -0.394 e. The molecule has 0 aliphatic rings. The summed E-state index contributed by atoms with van der Waals surface area (Å²) in [6, 6.07) is 5.78. The summed E-state index contributed by atoms with van der Waals surface area (Å²) in [7, 11) is 0. The van der Waals surface area contributed by atoms with E-state index in [0.29, 0.717) is 12.4 Å². The predicted octanol–water partition coefficient (Wildman–Crippen LogP) is 2.54. The van der Waals surface area contributed by atoms with Crippen LogP contribution in [-0.2, 0) is 6.54 Å². The van der Waals surface area contributed by atoms with Crippen molar-refractivity contribution in [1.82, 2.24) is 24.7 Å². The Morgan fingerprint density at radius 2 is 2.16 bits per heavy atom. The molecule has 132 valence electrons. The molecule has 25 heavy (non-hydrogen) atoms. The highest BCUT2D eigenvalue weighted by atomic mass is 16.3. The zero-order chi connectivity index (χ0) is 17.6. The van der Waals surface area contributed by atoms with Crippen LogP contribution in [0.25, 0.3) is 11.0 Å². The van der Waals surface area contributed by atoms with Crippen LogP contribution >= 0.6 is 0 Å². The van der Waals surface area contributed by atoms with Crippen LogP contribution in [0.5, 0.6) is 0 Å². The van der Waals surface area contributed by atoms with Gasteiger partial charge in [0.25, 0.3) is 0 Å². The van der Waals surface area contributed by atoms with Gasteiger partial charge in [0.15, 0.2) is 5.82 Å². The van der Waals surface area contributed by atoms with E-state index in [1.165, 1.54) is 0 Å². The lowest BCUT2D eigenvalue weighted by molar-refractivity contribution is 0.267. The Kier molecular flexibility index (Phi) is 5.55. The lowest BCUT2D eigenvalue weighted by atomic mass is 10.1. The summed E-state index contributed by atoms with van der Waals surface area (Å²) in [5.41, 5.74) is 2.67. The molecule has 7 nitrogen and oxygen atoms in total. The fraction of sp³-hybridized carbons (Fsp3) is 0.444. The topological polar surface area (TPSA) is 88.8 Å². The van der Waals surface area contributed by atoms with E-state index < -0.39 is 0 Å². The smallest absolute Gasteiger partial charge is 0.154 e. The fourth-order valence-electron chi connectivity index (χ4n) is 2.90. The number of unbranched alkanes of at least 4 members (excludes halogenated alkanes) is 1. The highest BCUT2D eigenvalue weighted by Gasteiger charge is 2.15. The highest BCUT2D eigenvalue weighted by molar-refractivity contribution is 5.86. The molecule has 7 heteroatoms. The van der Waals surface area contributed by atoms with E-state index in [-0.39, 0.29) is 12.6 Å². The van der Waals surface area contributed by atoms with Gasteiger partial charge in [-0.05, 0) is 31.5 Å². The molecule has 0 saturated heterocycles. The molecule has 3 rings (SSSR count). The van der Waals surface area contributed by atoms with E-state index in [4.69, 9.17) is 0 Å². The Bertz CT molecular complexity index is 817. The lowest BCUT2D eigenvalue weighted by Crippen LogP contribution is -2.25. The normalized spacial score (nSPS) is 12.4. The summed E-state index contributed by atoms with van der Waals surface area (Å²) in [5.74, 6) is 1.46. The molecule has 0 fully saturated rings. The second-order valence-corrected chi connectivity index (χ2v) is 6.18. The van der Waals surface area contributed by atoms with Gasteiger partial charge in [0.05, 0.1) is 30.4 Å². The van der Waals surface area contributed by atoms with Crippen molar-refractivity contribution >= 4 is 16.9 Å². The molecule has 0 saturated carbocycles. The molecule has 3 aromatic heterocycles. The molecule has 0 aliphatic carbocycles. The van der Waals surface area contributed by atoms with Gasteiger partial charge >= 0.3 is 0 Å². The first kappa shape index (κ1) is 17.3. The number of nitrogens with one attached hydrogen (secondary N) is 1. The molecule has 0 aliphatic heterocycles. The second-order valence-electron chi connectivity index (χ2n) is 6.18. The monoisotopic (exact) mass is 340 g/mol. The van der Waals surface area contributed by atoms with Crippen LogP contribution in [-0.4, -0.2) is 42.5 Å². The third-order valence-corrected chi connectivity index (χ3v) is 4.15. The number of aromatic nitrogens is 5. The molecule has 0 amide bonds. The molecule has 3 aromatic rings. The minimum atomic E-state index is -0.0164. The van der Waals surface area contributed by atoms with Gasteiger partial charge in [-0.15, -0.1) is 0 Å². The molecule has 0 unspecified atom stereocenters. The van der Waals surface area contributed by atoms with Crippen molar-refractivity contribution in [2.45, 2.75) is 45.7 Å². The molecular formula is C18H24N6O. The second kappa shape index (κ2) is 8.02. The number of aryl methyl sites for hydroxylation is 1. The molecule has 0 aromatic carbocycles. The Hall–Kier alpha value is -2.54. The third kappa shape index (κ3) is 4.11. The van der Waals surface area contributed by atoms with Gasteiger partial charge < -0.3 is 15.0 Å². The number of aliphatic hydroxyl groups excluding tert-OH is 1. The summed E-state index contributed by atoms with van der Waals surface area (Å²) >= 11 is 0. The maximum Gasteiger partial charge on any atom is 0.154 e. The number of fused-ring (bicyclic) bond motifs is 1. The quantitative estimate of drug-likeness (QED) is 0.655. The summed E-state index contributed by atoms with van der Waals surface area (Å²) in [6.45, 7) is 4.70. The first-order valence-electron chi connectivity index (χ1n) is 8.68. The molecular weight excluding hydrogens is 316 g/mol. The van der Waals surface area contributed by atoms with Gasteiger partial charge in [-0.1, -0.05) is 19.8 Å². The van der Waals surface area contributed by atoms with E-state index in [0.717, 1.165) is 41.8 Å².